The molecule has 1 aliphatic rings. The minimum absolute atomic E-state index is 0.0848. The smallest absolute Gasteiger partial charge is 0.265 e. The Hall–Kier alpha value is -2.99. The van der Waals surface area contributed by atoms with Crippen LogP contribution in [0.25, 0.3) is 6.08 Å². The number of amides is 2. The Balaban J connectivity index is 1.74. The highest BCUT2D eigenvalue weighted by molar-refractivity contribution is 7.80. The van der Waals surface area contributed by atoms with E-state index < -0.39 is 11.8 Å². The molecule has 2 aromatic rings. The molecule has 2 amide bonds. The number of nitrogens with zero attached hydrogens (tertiary/aromatic N) is 2. The molecule has 1 fully saturated rings. The van der Waals surface area contributed by atoms with Gasteiger partial charge in [0.15, 0.2) is 5.11 Å². The molecule has 1 heterocycles. The molecule has 6 heteroatoms. The Labute approximate surface area is 157 Å². The zero-order valence-corrected chi connectivity index (χ0v) is 15.3. The topological polar surface area (TPSA) is 49.9 Å². The first-order chi connectivity index (χ1) is 12.5. The highest BCUT2D eigenvalue weighted by Crippen LogP contribution is 2.20. The third kappa shape index (κ3) is 3.65. The molecular weight excluding hydrogens is 348 g/mol. The molecule has 5 nitrogen and oxygen atoms in total. The average Bonchev–Trinajstić information content (AvgIpc) is 2.68. The summed E-state index contributed by atoms with van der Waals surface area (Å²) in [6.45, 7) is 0.477. The summed E-state index contributed by atoms with van der Waals surface area (Å²) in [7, 11) is 3.12. The predicted octanol–water partition coefficient (Wildman–Crippen LogP) is 2.86. The summed E-state index contributed by atoms with van der Waals surface area (Å²) >= 11 is 5.08. The molecule has 132 valence electrons. The van der Waals surface area contributed by atoms with E-state index in [0.29, 0.717) is 12.4 Å². The van der Waals surface area contributed by atoms with Gasteiger partial charge in [-0.3, -0.25) is 19.4 Å². The maximum Gasteiger partial charge on any atom is 0.265 e. The van der Waals surface area contributed by atoms with Crippen molar-refractivity contribution >= 4 is 35.2 Å². The molecule has 0 unspecified atom stereocenters. The number of benzene rings is 2. The van der Waals surface area contributed by atoms with Gasteiger partial charge in [-0.1, -0.05) is 42.5 Å². The van der Waals surface area contributed by atoms with Gasteiger partial charge in [0, 0.05) is 14.1 Å². The number of likely N-dealkylation sites (N-methyl/N-ethyl adjacent to an activating group) is 2. The van der Waals surface area contributed by atoms with E-state index >= 15 is 0 Å². The number of ether oxygens (including phenoxy) is 1. The summed E-state index contributed by atoms with van der Waals surface area (Å²) in [5.41, 5.74) is 1.91. The van der Waals surface area contributed by atoms with E-state index in [2.05, 4.69) is 0 Å². The van der Waals surface area contributed by atoms with Crippen LogP contribution in [-0.2, 0) is 16.2 Å². The first kappa shape index (κ1) is 17.8. The fourth-order valence-electron chi connectivity index (χ4n) is 2.54. The summed E-state index contributed by atoms with van der Waals surface area (Å²) in [5, 5.41) is 0.196. The van der Waals surface area contributed by atoms with Crippen molar-refractivity contribution in [1.29, 1.82) is 0 Å². The lowest BCUT2D eigenvalue weighted by atomic mass is 10.1. The summed E-state index contributed by atoms with van der Waals surface area (Å²) in [6, 6.07) is 17.1. The Bertz CT molecular complexity index is 850. The van der Waals surface area contributed by atoms with Crippen LogP contribution in [0.1, 0.15) is 11.1 Å². The zero-order chi connectivity index (χ0) is 18.7. The SMILES string of the molecule is CN1C(=O)C(=Cc2ccc(OCc3ccccc3)cc2)C(=O)N(C)C1=S. The third-order valence-corrected chi connectivity index (χ3v) is 4.63. The predicted molar refractivity (Wildman–Crippen MR) is 103 cm³/mol. The molecule has 0 aromatic heterocycles. The van der Waals surface area contributed by atoms with Crippen LogP contribution in [0.3, 0.4) is 0 Å². The Kier molecular flexibility index (Phi) is 5.14. The van der Waals surface area contributed by atoms with Gasteiger partial charge in [0.05, 0.1) is 0 Å². The first-order valence-electron chi connectivity index (χ1n) is 8.06. The van der Waals surface area contributed by atoms with Crippen LogP contribution >= 0.6 is 12.2 Å². The van der Waals surface area contributed by atoms with Crippen LogP contribution in [0.15, 0.2) is 60.2 Å². The molecule has 0 aliphatic carbocycles. The molecule has 26 heavy (non-hydrogen) atoms. The second-order valence-corrected chi connectivity index (χ2v) is 6.28. The standard InChI is InChI=1S/C20H18N2O3S/c1-21-18(23)17(19(24)22(2)20(21)26)12-14-8-10-16(11-9-14)25-13-15-6-4-3-5-7-15/h3-12H,13H2,1-2H3. The highest BCUT2D eigenvalue weighted by atomic mass is 32.1. The van der Waals surface area contributed by atoms with E-state index in [1.807, 2.05) is 42.5 Å². The van der Waals surface area contributed by atoms with Gasteiger partial charge < -0.3 is 4.74 Å². The number of carbonyl (C=O) groups excluding carboxylic acids is 2. The molecule has 1 aliphatic heterocycles. The van der Waals surface area contributed by atoms with Gasteiger partial charge in [-0.25, -0.2) is 0 Å². The van der Waals surface area contributed by atoms with Crippen LogP contribution in [-0.4, -0.2) is 40.8 Å². The normalized spacial score (nSPS) is 14.7. The average molecular weight is 366 g/mol. The lowest BCUT2D eigenvalue weighted by molar-refractivity contribution is -0.132. The molecule has 1 saturated heterocycles. The maximum absolute atomic E-state index is 12.3. The van der Waals surface area contributed by atoms with Crippen molar-refractivity contribution in [3.63, 3.8) is 0 Å². The minimum Gasteiger partial charge on any atom is -0.489 e. The van der Waals surface area contributed by atoms with Gasteiger partial charge >= 0.3 is 0 Å². The molecular formula is C20H18N2O3S. The van der Waals surface area contributed by atoms with Crippen molar-refractivity contribution in [3.8, 4) is 5.75 Å². The summed E-state index contributed by atoms with van der Waals surface area (Å²) in [4.78, 5) is 27.2. The van der Waals surface area contributed by atoms with Gasteiger partial charge in [0.25, 0.3) is 11.8 Å². The van der Waals surface area contributed by atoms with Crippen LogP contribution in [0.4, 0.5) is 0 Å². The molecule has 0 spiro atoms. The zero-order valence-electron chi connectivity index (χ0n) is 14.5. The number of thiocarbonyl (C=S) groups is 1. The molecule has 0 bridgehead atoms. The number of rotatable bonds is 4. The van der Waals surface area contributed by atoms with Crippen molar-refractivity contribution in [1.82, 2.24) is 9.80 Å². The van der Waals surface area contributed by atoms with Crippen LogP contribution in [0.5, 0.6) is 5.75 Å². The molecule has 3 rings (SSSR count). The van der Waals surface area contributed by atoms with Crippen molar-refractivity contribution in [2.24, 2.45) is 0 Å². The maximum atomic E-state index is 12.3. The van der Waals surface area contributed by atoms with E-state index in [-0.39, 0.29) is 10.7 Å². The minimum atomic E-state index is -0.400. The van der Waals surface area contributed by atoms with Crippen LogP contribution < -0.4 is 4.74 Å². The van der Waals surface area contributed by atoms with Gasteiger partial charge in [-0.05, 0) is 41.6 Å². The molecule has 0 atom stereocenters. The lowest BCUT2D eigenvalue weighted by Gasteiger charge is -2.31. The number of carbonyl (C=O) groups is 2. The first-order valence-corrected chi connectivity index (χ1v) is 8.47. The van der Waals surface area contributed by atoms with E-state index in [0.717, 1.165) is 11.1 Å². The second-order valence-electron chi connectivity index (χ2n) is 5.91. The molecule has 0 saturated carbocycles. The van der Waals surface area contributed by atoms with E-state index in [1.54, 1.807) is 32.3 Å². The van der Waals surface area contributed by atoms with Crippen LogP contribution in [0.2, 0.25) is 0 Å². The van der Waals surface area contributed by atoms with Crippen molar-refractivity contribution in [3.05, 3.63) is 71.3 Å². The van der Waals surface area contributed by atoms with E-state index in [1.165, 1.54) is 9.80 Å². The molecule has 2 aromatic carbocycles. The third-order valence-electron chi connectivity index (χ3n) is 4.08. The number of hydrogen-bond acceptors (Lipinski definition) is 4. The Morgan fingerprint density at radius 1 is 0.923 bits per heavy atom. The lowest BCUT2D eigenvalue weighted by Crippen LogP contribution is -2.52. The highest BCUT2D eigenvalue weighted by Gasteiger charge is 2.35. The van der Waals surface area contributed by atoms with Crippen LogP contribution in [0, 0.1) is 0 Å². The monoisotopic (exact) mass is 366 g/mol. The van der Waals surface area contributed by atoms with Gasteiger partial charge in [-0.15, -0.1) is 0 Å². The van der Waals surface area contributed by atoms with Gasteiger partial charge in [-0.2, -0.15) is 0 Å². The van der Waals surface area contributed by atoms with Crippen molar-refractivity contribution in [2.75, 3.05) is 14.1 Å². The quantitative estimate of drug-likeness (QED) is 0.474. The Morgan fingerprint density at radius 2 is 1.50 bits per heavy atom. The number of hydrogen-bond donors (Lipinski definition) is 0. The summed E-state index contributed by atoms with van der Waals surface area (Å²) < 4.78 is 5.74. The fourth-order valence-corrected chi connectivity index (χ4v) is 2.71. The van der Waals surface area contributed by atoms with Gasteiger partial charge in [0.1, 0.15) is 17.9 Å². The second kappa shape index (κ2) is 7.49. The largest absolute Gasteiger partial charge is 0.489 e. The van der Waals surface area contributed by atoms with E-state index in [4.69, 9.17) is 17.0 Å². The Morgan fingerprint density at radius 3 is 2.08 bits per heavy atom. The summed E-state index contributed by atoms with van der Waals surface area (Å²) in [6.07, 6.45) is 1.57. The van der Waals surface area contributed by atoms with Crippen molar-refractivity contribution in [2.45, 2.75) is 6.61 Å². The summed E-state index contributed by atoms with van der Waals surface area (Å²) in [5.74, 6) is -0.0854. The fraction of sp³-hybridized carbons (Fsp3) is 0.150. The van der Waals surface area contributed by atoms with Crippen molar-refractivity contribution < 1.29 is 14.3 Å². The molecule has 0 N–H and O–H groups in total. The molecule has 0 radical (unpaired) electrons. The van der Waals surface area contributed by atoms with Gasteiger partial charge in [0.2, 0.25) is 0 Å². The van der Waals surface area contributed by atoms with E-state index in [9.17, 15) is 9.59 Å².